The smallest absolute Gasteiger partial charge is 0.266 e. The van der Waals surface area contributed by atoms with Gasteiger partial charge in [-0.25, -0.2) is 9.37 Å². The summed E-state index contributed by atoms with van der Waals surface area (Å²) in [5.41, 5.74) is 0.778. The molecule has 1 aromatic heterocycles. The molecule has 6 nitrogen and oxygen atoms in total. The van der Waals surface area contributed by atoms with E-state index in [-0.39, 0.29) is 24.7 Å². The summed E-state index contributed by atoms with van der Waals surface area (Å²) in [5.74, 6) is -1.15. The number of hydrogen-bond donors (Lipinski definition) is 1. The molecule has 1 aliphatic rings. The predicted molar refractivity (Wildman–Crippen MR) is 92.3 cm³/mol. The van der Waals surface area contributed by atoms with Crippen LogP contribution in [0.2, 0.25) is 0 Å². The Morgan fingerprint density at radius 3 is 2.80 bits per heavy atom. The maximum absolute atomic E-state index is 13.7. The Hall–Kier alpha value is -2.32. The third-order valence-corrected chi connectivity index (χ3v) is 4.94. The van der Waals surface area contributed by atoms with E-state index in [0.29, 0.717) is 17.1 Å². The number of morpholine rings is 1. The first-order valence-electron chi connectivity index (χ1n) is 7.86. The molecule has 2 amide bonds. The molecule has 1 atom stereocenters. The summed E-state index contributed by atoms with van der Waals surface area (Å²) in [4.78, 5) is 31.4. The van der Waals surface area contributed by atoms with Gasteiger partial charge in [0, 0.05) is 6.54 Å². The van der Waals surface area contributed by atoms with Crippen LogP contribution in [0.3, 0.4) is 0 Å². The van der Waals surface area contributed by atoms with Crippen LogP contribution in [0.5, 0.6) is 0 Å². The number of amides is 2. The Bertz CT molecular complexity index is 808. The number of rotatable bonds is 3. The van der Waals surface area contributed by atoms with Crippen molar-refractivity contribution in [2.45, 2.75) is 20.0 Å². The van der Waals surface area contributed by atoms with E-state index in [1.165, 1.54) is 23.5 Å². The molecular formula is C17H18FN3O3S. The maximum Gasteiger partial charge on any atom is 0.266 e. The zero-order valence-electron chi connectivity index (χ0n) is 13.9. The molecule has 1 saturated heterocycles. The number of nitrogens with zero attached hydrogens (tertiary/aromatic N) is 2. The second-order valence-electron chi connectivity index (χ2n) is 5.73. The van der Waals surface area contributed by atoms with Crippen molar-refractivity contribution in [2.24, 2.45) is 0 Å². The quantitative estimate of drug-likeness (QED) is 0.909. The van der Waals surface area contributed by atoms with Crippen LogP contribution in [-0.4, -0.2) is 47.5 Å². The zero-order chi connectivity index (χ0) is 18.0. The lowest BCUT2D eigenvalue weighted by Gasteiger charge is -2.32. The molecule has 1 fully saturated rings. The topological polar surface area (TPSA) is 71.5 Å². The first-order valence-corrected chi connectivity index (χ1v) is 8.67. The van der Waals surface area contributed by atoms with Gasteiger partial charge in [0.05, 0.1) is 29.5 Å². The average molecular weight is 363 g/mol. The normalized spacial score (nSPS) is 17.4. The van der Waals surface area contributed by atoms with Gasteiger partial charge in [0.1, 0.15) is 10.7 Å². The number of carbonyl (C=O) groups is 2. The molecule has 1 aromatic carbocycles. The van der Waals surface area contributed by atoms with Gasteiger partial charge < -0.3 is 15.0 Å². The van der Waals surface area contributed by atoms with Crippen LogP contribution in [0.25, 0.3) is 0 Å². The number of nitrogens with one attached hydrogen (secondary N) is 1. The molecule has 132 valence electrons. The summed E-state index contributed by atoms with van der Waals surface area (Å²) in [7, 11) is 0. The molecule has 1 N–H and O–H groups in total. The van der Waals surface area contributed by atoms with Crippen molar-refractivity contribution in [1.82, 2.24) is 9.88 Å². The van der Waals surface area contributed by atoms with E-state index in [4.69, 9.17) is 4.74 Å². The van der Waals surface area contributed by atoms with Crippen molar-refractivity contribution >= 4 is 28.8 Å². The Morgan fingerprint density at radius 2 is 2.12 bits per heavy atom. The van der Waals surface area contributed by atoms with Gasteiger partial charge in [0.2, 0.25) is 0 Å². The number of ether oxygens (including phenoxy) is 1. The first-order chi connectivity index (χ1) is 12.0. The van der Waals surface area contributed by atoms with Crippen molar-refractivity contribution in [3.8, 4) is 0 Å². The number of halogens is 1. The van der Waals surface area contributed by atoms with Crippen LogP contribution in [0, 0.1) is 19.7 Å². The van der Waals surface area contributed by atoms with E-state index < -0.39 is 17.8 Å². The number of hydrogen-bond acceptors (Lipinski definition) is 5. The van der Waals surface area contributed by atoms with Gasteiger partial charge in [-0.15, -0.1) is 11.3 Å². The molecule has 25 heavy (non-hydrogen) atoms. The monoisotopic (exact) mass is 363 g/mol. The zero-order valence-corrected chi connectivity index (χ0v) is 14.7. The summed E-state index contributed by atoms with van der Waals surface area (Å²) in [6.45, 7) is 4.41. The largest absolute Gasteiger partial charge is 0.365 e. The van der Waals surface area contributed by atoms with Crippen LogP contribution >= 0.6 is 11.3 Å². The van der Waals surface area contributed by atoms with Crippen LogP contribution in [-0.2, 0) is 9.53 Å². The van der Waals surface area contributed by atoms with Gasteiger partial charge in [-0.2, -0.15) is 0 Å². The molecule has 0 aliphatic carbocycles. The molecule has 2 aromatic rings. The third kappa shape index (κ3) is 3.85. The molecule has 0 spiro atoms. The SMILES string of the molecule is Cc1nc(C)c(C(=O)N2CCO[C@@H](C(=O)Nc3ccccc3F)C2)s1. The fraction of sp³-hybridized carbons (Fsp3) is 0.353. The van der Waals surface area contributed by atoms with Crippen LogP contribution in [0.4, 0.5) is 10.1 Å². The van der Waals surface area contributed by atoms with Crippen molar-refractivity contribution in [3.05, 3.63) is 45.7 Å². The molecule has 0 bridgehead atoms. The highest BCUT2D eigenvalue weighted by Crippen LogP contribution is 2.21. The van der Waals surface area contributed by atoms with Crippen molar-refractivity contribution < 1.29 is 18.7 Å². The van der Waals surface area contributed by atoms with Gasteiger partial charge in [0.25, 0.3) is 11.8 Å². The van der Waals surface area contributed by atoms with E-state index in [0.717, 1.165) is 5.01 Å². The van der Waals surface area contributed by atoms with E-state index >= 15 is 0 Å². The first kappa shape index (κ1) is 17.5. The lowest BCUT2D eigenvalue weighted by molar-refractivity contribution is -0.131. The lowest BCUT2D eigenvalue weighted by atomic mass is 10.2. The summed E-state index contributed by atoms with van der Waals surface area (Å²) in [6.07, 6.45) is -0.841. The fourth-order valence-electron chi connectivity index (χ4n) is 2.64. The van der Waals surface area contributed by atoms with Gasteiger partial charge in [-0.05, 0) is 26.0 Å². The molecule has 3 rings (SSSR count). The van der Waals surface area contributed by atoms with Gasteiger partial charge in [-0.3, -0.25) is 9.59 Å². The summed E-state index contributed by atoms with van der Waals surface area (Å²) >= 11 is 1.34. The van der Waals surface area contributed by atoms with Crippen molar-refractivity contribution in [2.75, 3.05) is 25.0 Å². The summed E-state index contributed by atoms with van der Waals surface area (Å²) in [6, 6.07) is 5.91. The Morgan fingerprint density at radius 1 is 1.36 bits per heavy atom. The lowest BCUT2D eigenvalue weighted by Crippen LogP contribution is -2.50. The number of benzene rings is 1. The highest BCUT2D eigenvalue weighted by molar-refractivity contribution is 7.13. The third-order valence-electron chi connectivity index (χ3n) is 3.88. The van der Waals surface area contributed by atoms with Gasteiger partial charge in [-0.1, -0.05) is 12.1 Å². The van der Waals surface area contributed by atoms with E-state index in [1.807, 2.05) is 6.92 Å². The van der Waals surface area contributed by atoms with Crippen LogP contribution in [0.1, 0.15) is 20.4 Å². The second-order valence-corrected chi connectivity index (χ2v) is 6.93. The molecule has 0 unspecified atom stereocenters. The van der Waals surface area contributed by atoms with Crippen LogP contribution < -0.4 is 5.32 Å². The Kier molecular flexibility index (Phi) is 5.10. The fourth-order valence-corrected chi connectivity index (χ4v) is 3.53. The number of aromatic nitrogens is 1. The van der Waals surface area contributed by atoms with Crippen molar-refractivity contribution in [1.29, 1.82) is 0 Å². The minimum absolute atomic E-state index is 0.0912. The molecule has 0 saturated carbocycles. The standard InChI is InChI=1S/C17H18FN3O3S/c1-10-15(25-11(2)19-10)17(23)21-7-8-24-14(9-21)16(22)20-13-6-4-3-5-12(13)18/h3-6,14H,7-9H2,1-2H3,(H,20,22)/t14-/m1/s1. The molecule has 1 aliphatic heterocycles. The number of anilines is 1. The molecule has 2 heterocycles. The number of aryl methyl sites for hydroxylation is 2. The minimum atomic E-state index is -0.841. The average Bonchev–Trinajstić information content (AvgIpc) is 2.94. The van der Waals surface area contributed by atoms with Crippen molar-refractivity contribution in [3.63, 3.8) is 0 Å². The highest BCUT2D eigenvalue weighted by Gasteiger charge is 2.31. The molecule has 0 radical (unpaired) electrons. The number of carbonyl (C=O) groups excluding carboxylic acids is 2. The van der Waals surface area contributed by atoms with E-state index in [1.54, 1.807) is 24.0 Å². The number of para-hydroxylation sites is 1. The predicted octanol–water partition coefficient (Wildman–Crippen LogP) is 2.38. The maximum atomic E-state index is 13.7. The minimum Gasteiger partial charge on any atom is -0.365 e. The summed E-state index contributed by atoms with van der Waals surface area (Å²) in [5, 5.41) is 3.33. The molecule has 8 heteroatoms. The van der Waals surface area contributed by atoms with Gasteiger partial charge >= 0.3 is 0 Å². The Balaban J connectivity index is 1.68. The summed E-state index contributed by atoms with van der Waals surface area (Å²) < 4.78 is 19.1. The number of thiazole rings is 1. The second kappa shape index (κ2) is 7.28. The van der Waals surface area contributed by atoms with E-state index in [2.05, 4.69) is 10.3 Å². The van der Waals surface area contributed by atoms with E-state index in [9.17, 15) is 14.0 Å². The molecular weight excluding hydrogens is 345 g/mol. The highest BCUT2D eigenvalue weighted by atomic mass is 32.1. The Labute approximate surface area is 148 Å². The van der Waals surface area contributed by atoms with Crippen LogP contribution in [0.15, 0.2) is 24.3 Å². The van der Waals surface area contributed by atoms with Gasteiger partial charge in [0.15, 0.2) is 6.10 Å².